The third kappa shape index (κ3) is 3.76. The molecule has 0 aliphatic rings. The highest BCUT2D eigenvalue weighted by Gasteiger charge is 2.20. The molecule has 1 aromatic heterocycles. The average molecular weight is 302 g/mol. The third-order valence-electron chi connectivity index (χ3n) is 3.22. The molecule has 0 fully saturated rings. The number of rotatable bonds is 5. The first-order chi connectivity index (χ1) is 10.1. The lowest BCUT2D eigenvalue weighted by molar-refractivity contribution is -0.137. The first-order valence-corrected chi connectivity index (χ1v) is 7.62. The van der Waals surface area contributed by atoms with Crippen LogP contribution in [0.5, 0.6) is 0 Å². The Morgan fingerprint density at radius 2 is 2.00 bits per heavy atom. The van der Waals surface area contributed by atoms with E-state index < -0.39 is 0 Å². The van der Waals surface area contributed by atoms with Gasteiger partial charge in [-0.1, -0.05) is 30.3 Å². The van der Waals surface area contributed by atoms with E-state index in [1.54, 1.807) is 6.20 Å². The standard InChI is InChI=1S/C16H18N2O2S/c1-11-6-3-4-7-12(11)15(21-10-14(19)20-2)13-8-5-9-18-16(13)17/h3-9,15H,10H2,1-2H3,(H2,17,18). The summed E-state index contributed by atoms with van der Waals surface area (Å²) < 4.78 is 4.73. The molecular formula is C16H18N2O2S. The zero-order valence-corrected chi connectivity index (χ0v) is 12.9. The normalized spacial score (nSPS) is 11.9. The van der Waals surface area contributed by atoms with Crippen LogP contribution in [-0.4, -0.2) is 23.8 Å². The Balaban J connectivity index is 2.38. The van der Waals surface area contributed by atoms with Crippen LogP contribution in [0, 0.1) is 6.92 Å². The summed E-state index contributed by atoms with van der Waals surface area (Å²) in [5.41, 5.74) is 9.21. The SMILES string of the molecule is COC(=O)CSC(c1ccccc1C)c1cccnc1N. The molecule has 4 nitrogen and oxygen atoms in total. The van der Waals surface area contributed by atoms with E-state index in [4.69, 9.17) is 10.5 Å². The van der Waals surface area contributed by atoms with Gasteiger partial charge in [0.1, 0.15) is 5.82 Å². The van der Waals surface area contributed by atoms with Crippen molar-refractivity contribution in [3.8, 4) is 0 Å². The molecule has 2 rings (SSSR count). The van der Waals surface area contributed by atoms with Gasteiger partial charge in [0.05, 0.1) is 18.1 Å². The molecule has 2 N–H and O–H groups in total. The molecule has 0 saturated carbocycles. The molecule has 0 aliphatic carbocycles. The van der Waals surface area contributed by atoms with E-state index in [9.17, 15) is 4.79 Å². The highest BCUT2D eigenvalue weighted by Crippen LogP contribution is 2.39. The number of esters is 1. The van der Waals surface area contributed by atoms with E-state index >= 15 is 0 Å². The van der Waals surface area contributed by atoms with Gasteiger partial charge in [0.25, 0.3) is 0 Å². The van der Waals surface area contributed by atoms with E-state index in [0.717, 1.165) is 16.7 Å². The zero-order valence-electron chi connectivity index (χ0n) is 12.1. The van der Waals surface area contributed by atoms with E-state index in [-0.39, 0.29) is 17.0 Å². The number of hydrogen-bond acceptors (Lipinski definition) is 5. The number of benzene rings is 1. The Bertz CT molecular complexity index is 586. The summed E-state index contributed by atoms with van der Waals surface area (Å²) in [4.78, 5) is 15.6. The number of pyridine rings is 1. The van der Waals surface area contributed by atoms with Gasteiger partial charge in [-0.05, 0) is 24.1 Å². The van der Waals surface area contributed by atoms with Gasteiger partial charge in [0.15, 0.2) is 0 Å². The number of methoxy groups -OCH3 is 1. The molecule has 1 atom stereocenters. The van der Waals surface area contributed by atoms with E-state index in [2.05, 4.69) is 11.1 Å². The molecule has 0 aliphatic heterocycles. The maximum Gasteiger partial charge on any atom is 0.315 e. The van der Waals surface area contributed by atoms with Gasteiger partial charge in [-0.3, -0.25) is 4.79 Å². The number of anilines is 1. The quantitative estimate of drug-likeness (QED) is 0.860. The number of aromatic nitrogens is 1. The minimum absolute atomic E-state index is 0.0426. The van der Waals surface area contributed by atoms with Gasteiger partial charge >= 0.3 is 5.97 Å². The topological polar surface area (TPSA) is 65.2 Å². The van der Waals surface area contributed by atoms with Crippen molar-refractivity contribution in [2.45, 2.75) is 12.2 Å². The zero-order chi connectivity index (χ0) is 15.2. The van der Waals surface area contributed by atoms with Crippen molar-refractivity contribution in [2.75, 3.05) is 18.6 Å². The van der Waals surface area contributed by atoms with Crippen molar-refractivity contribution in [3.05, 3.63) is 59.3 Å². The fourth-order valence-electron chi connectivity index (χ4n) is 2.09. The molecule has 1 unspecified atom stereocenters. The second-order valence-corrected chi connectivity index (χ2v) is 5.70. The smallest absolute Gasteiger partial charge is 0.315 e. The summed E-state index contributed by atoms with van der Waals surface area (Å²) in [5.74, 6) is 0.508. The van der Waals surface area contributed by atoms with Crippen LogP contribution >= 0.6 is 11.8 Å². The lowest BCUT2D eigenvalue weighted by atomic mass is 10.0. The molecule has 1 aromatic carbocycles. The lowest BCUT2D eigenvalue weighted by Gasteiger charge is -2.20. The van der Waals surface area contributed by atoms with Crippen LogP contribution in [0.4, 0.5) is 5.82 Å². The molecule has 2 aromatic rings. The minimum atomic E-state index is -0.249. The largest absolute Gasteiger partial charge is 0.468 e. The lowest BCUT2D eigenvalue weighted by Crippen LogP contribution is -2.09. The number of hydrogen-bond donors (Lipinski definition) is 1. The van der Waals surface area contributed by atoms with Crippen molar-refractivity contribution < 1.29 is 9.53 Å². The van der Waals surface area contributed by atoms with Crippen LogP contribution in [0.3, 0.4) is 0 Å². The number of nitrogens with two attached hydrogens (primary N) is 1. The van der Waals surface area contributed by atoms with Crippen LogP contribution < -0.4 is 5.73 Å². The molecule has 0 spiro atoms. The Morgan fingerprint density at radius 3 is 2.67 bits per heavy atom. The first-order valence-electron chi connectivity index (χ1n) is 6.57. The molecule has 5 heteroatoms. The van der Waals surface area contributed by atoms with Crippen molar-refractivity contribution in [2.24, 2.45) is 0 Å². The molecule has 0 saturated heterocycles. The summed E-state index contributed by atoms with van der Waals surface area (Å²) in [6, 6.07) is 11.9. The molecular weight excluding hydrogens is 284 g/mol. The summed E-state index contributed by atoms with van der Waals surface area (Å²) >= 11 is 1.49. The number of carbonyl (C=O) groups is 1. The van der Waals surface area contributed by atoms with Gasteiger partial charge in [-0.25, -0.2) is 4.98 Å². The van der Waals surface area contributed by atoms with Crippen molar-refractivity contribution in [3.63, 3.8) is 0 Å². The number of nitrogens with zero attached hydrogens (tertiary/aromatic N) is 1. The minimum Gasteiger partial charge on any atom is -0.468 e. The van der Waals surface area contributed by atoms with Gasteiger partial charge in [-0.2, -0.15) is 0 Å². The molecule has 0 radical (unpaired) electrons. The average Bonchev–Trinajstić information content (AvgIpc) is 2.50. The number of ether oxygens (including phenoxy) is 1. The molecule has 0 bridgehead atoms. The Labute approximate surface area is 128 Å². The fourth-order valence-corrected chi connectivity index (χ4v) is 3.33. The summed E-state index contributed by atoms with van der Waals surface area (Å²) in [7, 11) is 1.39. The number of nitrogen functional groups attached to an aromatic ring is 1. The van der Waals surface area contributed by atoms with Gasteiger partial charge in [0.2, 0.25) is 0 Å². The van der Waals surface area contributed by atoms with Crippen molar-refractivity contribution in [1.82, 2.24) is 4.98 Å². The summed E-state index contributed by atoms with van der Waals surface area (Å²) in [6.07, 6.45) is 1.67. The van der Waals surface area contributed by atoms with E-state index in [1.165, 1.54) is 18.9 Å². The molecule has 110 valence electrons. The van der Waals surface area contributed by atoms with Crippen LogP contribution in [0.2, 0.25) is 0 Å². The molecule has 21 heavy (non-hydrogen) atoms. The van der Waals surface area contributed by atoms with E-state index in [0.29, 0.717) is 5.82 Å². The highest BCUT2D eigenvalue weighted by molar-refractivity contribution is 8.00. The predicted octanol–water partition coefficient (Wildman–Crippen LogP) is 2.97. The monoisotopic (exact) mass is 302 g/mol. The van der Waals surface area contributed by atoms with Gasteiger partial charge in [0, 0.05) is 11.8 Å². The predicted molar refractivity (Wildman–Crippen MR) is 86.1 cm³/mol. The summed E-state index contributed by atoms with van der Waals surface area (Å²) in [5, 5.41) is -0.0426. The number of carbonyl (C=O) groups excluding carboxylic acids is 1. The molecule has 0 amide bonds. The first kappa shape index (κ1) is 15.4. The van der Waals surface area contributed by atoms with Gasteiger partial charge < -0.3 is 10.5 Å². The van der Waals surface area contributed by atoms with Crippen molar-refractivity contribution in [1.29, 1.82) is 0 Å². The van der Waals surface area contributed by atoms with Crippen LogP contribution in [0.15, 0.2) is 42.6 Å². The summed E-state index contributed by atoms with van der Waals surface area (Å²) in [6.45, 7) is 2.05. The van der Waals surface area contributed by atoms with Crippen LogP contribution in [-0.2, 0) is 9.53 Å². The Kier molecular flexibility index (Phi) is 5.22. The number of aryl methyl sites for hydroxylation is 1. The maximum atomic E-state index is 11.5. The second-order valence-electron chi connectivity index (χ2n) is 4.60. The Hall–Kier alpha value is -2.01. The highest BCUT2D eigenvalue weighted by atomic mass is 32.2. The van der Waals surface area contributed by atoms with Crippen molar-refractivity contribution >= 4 is 23.5 Å². The van der Waals surface area contributed by atoms with Crippen LogP contribution in [0.1, 0.15) is 21.9 Å². The van der Waals surface area contributed by atoms with Gasteiger partial charge in [-0.15, -0.1) is 11.8 Å². The maximum absolute atomic E-state index is 11.5. The number of thioether (sulfide) groups is 1. The third-order valence-corrected chi connectivity index (χ3v) is 4.46. The molecule has 1 heterocycles. The fraction of sp³-hybridized carbons (Fsp3) is 0.250. The van der Waals surface area contributed by atoms with E-state index in [1.807, 2.05) is 37.3 Å². The second kappa shape index (κ2) is 7.13. The van der Waals surface area contributed by atoms with Crippen LogP contribution in [0.25, 0.3) is 0 Å². The Morgan fingerprint density at radius 1 is 1.29 bits per heavy atom.